The molecule has 0 aliphatic carbocycles. The van der Waals surface area contributed by atoms with E-state index in [0.29, 0.717) is 5.95 Å². The van der Waals surface area contributed by atoms with Crippen molar-refractivity contribution in [3.63, 3.8) is 0 Å². The van der Waals surface area contributed by atoms with Gasteiger partial charge in [-0.25, -0.2) is 9.97 Å². The molecule has 0 saturated carbocycles. The van der Waals surface area contributed by atoms with Crippen LogP contribution in [0.1, 0.15) is 54.2 Å². The van der Waals surface area contributed by atoms with Crippen LogP contribution in [0.15, 0.2) is 67.5 Å². The minimum Gasteiger partial charge on any atom is -0.372 e. The molecule has 5 aromatic rings. The molecule has 40 heavy (non-hydrogen) atoms. The molecular weight excluding hydrogens is 496 g/mol. The summed E-state index contributed by atoms with van der Waals surface area (Å²) in [6.45, 7) is 12.1. The van der Waals surface area contributed by atoms with Crippen molar-refractivity contribution in [2.24, 2.45) is 0 Å². The molecular formula is C32H36N8. The summed E-state index contributed by atoms with van der Waals surface area (Å²) in [7, 11) is 0. The summed E-state index contributed by atoms with van der Waals surface area (Å²) in [6, 6.07) is 11.1. The summed E-state index contributed by atoms with van der Waals surface area (Å²) in [5, 5.41) is 9.73. The predicted octanol–water partition coefficient (Wildman–Crippen LogP) is 6.39. The molecule has 0 radical (unpaired) electrons. The van der Waals surface area contributed by atoms with Crippen LogP contribution in [-0.4, -0.2) is 42.4 Å². The van der Waals surface area contributed by atoms with Gasteiger partial charge >= 0.3 is 0 Å². The number of benzene rings is 2. The van der Waals surface area contributed by atoms with E-state index in [2.05, 4.69) is 81.7 Å². The van der Waals surface area contributed by atoms with Crippen molar-refractivity contribution in [3.8, 4) is 11.1 Å². The first kappa shape index (κ1) is 24.7. The van der Waals surface area contributed by atoms with E-state index in [4.69, 9.17) is 10.1 Å². The van der Waals surface area contributed by atoms with Gasteiger partial charge in [-0.05, 0) is 80.3 Å². The van der Waals surface area contributed by atoms with Crippen molar-refractivity contribution in [2.45, 2.75) is 58.5 Å². The lowest BCUT2D eigenvalue weighted by Crippen LogP contribution is -2.29. The molecule has 1 fully saturated rings. The SMILES string of the molecule is C=C(Nc1ncc[nH]1)C(c1ncn2c1CCC2)n1cc2c(C)cc(-c3ccc(N4CCCCC4)cc3)c(C)c2n1. The third-order valence-electron chi connectivity index (χ3n) is 8.60. The Morgan fingerprint density at radius 1 is 1.02 bits per heavy atom. The maximum atomic E-state index is 5.21. The monoisotopic (exact) mass is 532 g/mol. The number of aromatic amines is 1. The fourth-order valence-electron chi connectivity index (χ4n) is 6.46. The number of aryl methyl sites for hydroxylation is 3. The first-order chi connectivity index (χ1) is 19.6. The van der Waals surface area contributed by atoms with E-state index in [1.165, 1.54) is 52.9 Å². The molecule has 0 amide bonds. The molecule has 3 aromatic heterocycles. The first-order valence-corrected chi connectivity index (χ1v) is 14.4. The molecule has 0 spiro atoms. The van der Waals surface area contributed by atoms with Crippen LogP contribution >= 0.6 is 0 Å². The minimum absolute atomic E-state index is 0.266. The Balaban J connectivity index is 1.28. The highest BCUT2D eigenvalue weighted by Gasteiger charge is 2.29. The second kappa shape index (κ2) is 10.0. The number of hydrogen-bond donors (Lipinski definition) is 2. The summed E-state index contributed by atoms with van der Waals surface area (Å²) in [5.74, 6) is 0.658. The number of anilines is 2. The smallest absolute Gasteiger partial charge is 0.204 e. The van der Waals surface area contributed by atoms with Gasteiger partial charge in [0.1, 0.15) is 6.04 Å². The van der Waals surface area contributed by atoms with E-state index < -0.39 is 0 Å². The van der Waals surface area contributed by atoms with Gasteiger partial charge in [0.05, 0.1) is 17.5 Å². The number of H-pyrrole nitrogens is 1. The molecule has 2 aliphatic rings. The second-order valence-corrected chi connectivity index (χ2v) is 11.2. The highest BCUT2D eigenvalue weighted by molar-refractivity contribution is 5.91. The molecule has 204 valence electrons. The Labute approximate surface area is 234 Å². The fourth-order valence-corrected chi connectivity index (χ4v) is 6.46. The van der Waals surface area contributed by atoms with Gasteiger partial charge in [-0.2, -0.15) is 5.10 Å². The Morgan fingerprint density at radius 2 is 1.85 bits per heavy atom. The average molecular weight is 533 g/mol. The van der Waals surface area contributed by atoms with E-state index in [-0.39, 0.29) is 6.04 Å². The van der Waals surface area contributed by atoms with E-state index in [0.717, 1.165) is 54.8 Å². The quantitative estimate of drug-likeness (QED) is 0.254. The molecule has 8 heteroatoms. The zero-order valence-corrected chi connectivity index (χ0v) is 23.3. The third kappa shape index (κ3) is 4.28. The summed E-state index contributed by atoms with van der Waals surface area (Å²) in [4.78, 5) is 14.8. The molecule has 1 saturated heterocycles. The van der Waals surface area contributed by atoms with Crippen molar-refractivity contribution in [1.29, 1.82) is 0 Å². The first-order valence-electron chi connectivity index (χ1n) is 14.4. The molecule has 0 bridgehead atoms. The fraction of sp³-hybridized carbons (Fsp3) is 0.344. The Morgan fingerprint density at radius 3 is 2.62 bits per heavy atom. The van der Waals surface area contributed by atoms with Gasteiger partial charge in [-0.15, -0.1) is 0 Å². The molecule has 1 unspecified atom stereocenters. The highest BCUT2D eigenvalue weighted by Crippen LogP contribution is 2.36. The standard InChI is InChI=1S/C32H36N8/c1-21-18-26(24-9-11-25(12-10-24)38-15-5-4-6-16-38)22(2)29-27(21)19-40(37-29)31(23(3)36-32-33-13-14-34-32)30-28-8-7-17-39(28)20-35-30/h9-14,18-20,31H,3-8,15-17H2,1-2H3,(H2,33,34,36). The Kier molecular flexibility index (Phi) is 6.18. The largest absolute Gasteiger partial charge is 0.372 e. The molecule has 5 heterocycles. The van der Waals surface area contributed by atoms with Gasteiger partial charge < -0.3 is 19.8 Å². The van der Waals surface area contributed by atoms with E-state index in [1.807, 2.05) is 11.0 Å². The van der Waals surface area contributed by atoms with Crippen LogP contribution in [-0.2, 0) is 13.0 Å². The van der Waals surface area contributed by atoms with Crippen LogP contribution in [0.5, 0.6) is 0 Å². The van der Waals surface area contributed by atoms with Crippen LogP contribution in [0.3, 0.4) is 0 Å². The zero-order chi connectivity index (χ0) is 27.2. The van der Waals surface area contributed by atoms with Crippen molar-refractivity contribution >= 4 is 22.5 Å². The van der Waals surface area contributed by atoms with Crippen molar-refractivity contribution in [2.75, 3.05) is 23.3 Å². The van der Waals surface area contributed by atoms with Crippen molar-refractivity contribution < 1.29 is 0 Å². The van der Waals surface area contributed by atoms with Crippen LogP contribution in [0, 0.1) is 13.8 Å². The van der Waals surface area contributed by atoms with Crippen molar-refractivity contribution in [3.05, 3.63) is 90.0 Å². The predicted molar refractivity (Wildman–Crippen MR) is 161 cm³/mol. The summed E-state index contributed by atoms with van der Waals surface area (Å²) in [6.07, 6.45) is 13.7. The molecule has 2 aliphatic heterocycles. The molecule has 2 aromatic carbocycles. The average Bonchev–Trinajstić information content (AvgIpc) is 3.78. The number of hydrogen-bond acceptors (Lipinski definition) is 5. The summed E-state index contributed by atoms with van der Waals surface area (Å²) >= 11 is 0. The van der Waals surface area contributed by atoms with Gasteiger partial charge in [0, 0.05) is 60.7 Å². The van der Waals surface area contributed by atoms with E-state index >= 15 is 0 Å². The maximum Gasteiger partial charge on any atom is 0.204 e. The van der Waals surface area contributed by atoms with E-state index in [9.17, 15) is 0 Å². The number of rotatable bonds is 7. The summed E-state index contributed by atoms with van der Waals surface area (Å²) in [5.41, 5.74) is 10.2. The lowest BCUT2D eigenvalue weighted by molar-refractivity contribution is 0.578. The lowest BCUT2D eigenvalue weighted by Gasteiger charge is -2.29. The number of fused-ring (bicyclic) bond motifs is 2. The van der Waals surface area contributed by atoms with Crippen molar-refractivity contribution in [1.82, 2.24) is 29.3 Å². The van der Waals surface area contributed by atoms with Gasteiger partial charge in [0.2, 0.25) is 5.95 Å². The number of aromatic nitrogens is 6. The highest BCUT2D eigenvalue weighted by atomic mass is 15.3. The van der Waals surface area contributed by atoms with Crippen LogP contribution in [0.4, 0.5) is 11.6 Å². The van der Waals surface area contributed by atoms with Gasteiger partial charge in [-0.1, -0.05) is 24.8 Å². The lowest BCUT2D eigenvalue weighted by atomic mass is 9.95. The molecule has 1 atom stereocenters. The maximum absolute atomic E-state index is 5.21. The van der Waals surface area contributed by atoms with Crippen LogP contribution < -0.4 is 10.2 Å². The Hall–Kier alpha value is -4.33. The zero-order valence-electron chi connectivity index (χ0n) is 23.3. The number of imidazole rings is 2. The number of allylic oxidation sites excluding steroid dienone is 1. The Bertz CT molecular complexity index is 1670. The molecule has 2 N–H and O–H groups in total. The minimum atomic E-state index is -0.266. The van der Waals surface area contributed by atoms with Crippen LogP contribution in [0.25, 0.3) is 22.0 Å². The third-order valence-corrected chi connectivity index (χ3v) is 8.60. The van der Waals surface area contributed by atoms with Gasteiger partial charge in [0.25, 0.3) is 0 Å². The topological polar surface area (TPSA) is 79.6 Å². The normalized spacial score (nSPS) is 15.9. The van der Waals surface area contributed by atoms with Gasteiger partial charge in [0.15, 0.2) is 0 Å². The molecule has 8 nitrogen and oxygen atoms in total. The number of piperidine rings is 1. The second-order valence-electron chi connectivity index (χ2n) is 11.2. The van der Waals surface area contributed by atoms with Crippen LogP contribution in [0.2, 0.25) is 0 Å². The molecule has 7 rings (SSSR count). The number of nitrogens with zero attached hydrogens (tertiary/aromatic N) is 6. The van der Waals surface area contributed by atoms with E-state index in [1.54, 1.807) is 12.4 Å². The number of nitrogens with one attached hydrogen (secondary N) is 2. The van der Waals surface area contributed by atoms with Gasteiger partial charge in [-0.3, -0.25) is 4.68 Å². The summed E-state index contributed by atoms with van der Waals surface area (Å²) < 4.78 is 4.29.